The number of benzene rings is 1. The molecule has 0 bridgehead atoms. The average Bonchev–Trinajstić information content (AvgIpc) is 2.70. The van der Waals surface area contributed by atoms with Gasteiger partial charge in [-0.05, 0) is 13.1 Å². The summed E-state index contributed by atoms with van der Waals surface area (Å²) < 4.78 is 5.33. The number of aromatic nitrogens is 2. The number of nitro benzene ring substituents is 1. The van der Waals surface area contributed by atoms with Crippen LogP contribution in [-0.4, -0.2) is 35.1 Å². The quantitative estimate of drug-likeness (QED) is 0.460. The van der Waals surface area contributed by atoms with E-state index >= 15 is 0 Å². The fourth-order valence-corrected chi connectivity index (χ4v) is 1.41. The van der Waals surface area contributed by atoms with E-state index < -0.39 is 4.92 Å². The smallest absolute Gasteiger partial charge is 0.294 e. The van der Waals surface area contributed by atoms with Gasteiger partial charge < -0.3 is 15.0 Å². The second kappa shape index (κ2) is 4.79. The molecule has 0 saturated carbocycles. The maximum Gasteiger partial charge on any atom is 0.294 e. The van der Waals surface area contributed by atoms with E-state index in [0.29, 0.717) is 30.2 Å². The van der Waals surface area contributed by atoms with Crippen molar-refractivity contribution in [1.29, 1.82) is 0 Å². The van der Waals surface area contributed by atoms with Crippen LogP contribution in [0.2, 0.25) is 0 Å². The Bertz CT molecular complexity index is 537. The van der Waals surface area contributed by atoms with E-state index in [4.69, 9.17) is 4.74 Å². The fraction of sp³-hybridized carbons (Fsp3) is 0.300. The van der Waals surface area contributed by atoms with Crippen molar-refractivity contribution in [2.45, 2.75) is 0 Å². The Hall–Kier alpha value is -2.15. The molecule has 0 unspecified atom stereocenters. The van der Waals surface area contributed by atoms with Crippen molar-refractivity contribution >= 4 is 16.7 Å². The van der Waals surface area contributed by atoms with Crippen LogP contribution in [0.15, 0.2) is 18.2 Å². The largest absolute Gasteiger partial charge is 0.463 e. The number of hydrogen-bond acceptors (Lipinski definition) is 5. The van der Waals surface area contributed by atoms with Gasteiger partial charge in [0.25, 0.3) is 11.7 Å². The van der Waals surface area contributed by atoms with Crippen LogP contribution < -0.4 is 10.1 Å². The van der Waals surface area contributed by atoms with Gasteiger partial charge in [-0.2, -0.15) is 4.98 Å². The molecule has 1 heterocycles. The first-order valence-electron chi connectivity index (χ1n) is 5.12. The van der Waals surface area contributed by atoms with Gasteiger partial charge in [0, 0.05) is 18.7 Å². The zero-order chi connectivity index (χ0) is 12.3. The maximum absolute atomic E-state index is 10.6. The topological polar surface area (TPSA) is 93.1 Å². The minimum absolute atomic E-state index is 0.0305. The van der Waals surface area contributed by atoms with E-state index in [-0.39, 0.29) is 5.69 Å². The second-order valence-corrected chi connectivity index (χ2v) is 3.45. The predicted molar refractivity (Wildman–Crippen MR) is 62.2 cm³/mol. The number of fused-ring (bicyclic) bond motifs is 1. The van der Waals surface area contributed by atoms with E-state index in [1.165, 1.54) is 12.1 Å². The summed E-state index contributed by atoms with van der Waals surface area (Å²) in [5.41, 5.74) is 1.27. The molecule has 0 atom stereocenters. The van der Waals surface area contributed by atoms with Crippen molar-refractivity contribution in [3.05, 3.63) is 28.3 Å². The molecule has 0 fully saturated rings. The monoisotopic (exact) mass is 236 g/mol. The third-order valence-electron chi connectivity index (χ3n) is 2.25. The van der Waals surface area contributed by atoms with Crippen LogP contribution in [0.3, 0.4) is 0 Å². The maximum atomic E-state index is 10.6. The summed E-state index contributed by atoms with van der Waals surface area (Å²) in [5, 5.41) is 13.5. The molecule has 1 aromatic carbocycles. The molecule has 0 aliphatic carbocycles. The highest BCUT2D eigenvalue weighted by Crippen LogP contribution is 2.21. The lowest BCUT2D eigenvalue weighted by Gasteiger charge is -1.99. The Morgan fingerprint density at radius 2 is 2.41 bits per heavy atom. The van der Waals surface area contributed by atoms with Crippen LogP contribution in [0.25, 0.3) is 11.0 Å². The minimum atomic E-state index is -0.443. The number of nitro groups is 1. The van der Waals surface area contributed by atoms with Gasteiger partial charge in [-0.1, -0.05) is 0 Å². The van der Waals surface area contributed by atoms with Gasteiger partial charge in [0.1, 0.15) is 6.61 Å². The number of likely N-dealkylation sites (N-methyl/N-ethyl adjacent to an activating group) is 1. The highest BCUT2D eigenvalue weighted by atomic mass is 16.6. The fourth-order valence-electron chi connectivity index (χ4n) is 1.41. The molecule has 1 aromatic heterocycles. The Morgan fingerprint density at radius 1 is 1.59 bits per heavy atom. The van der Waals surface area contributed by atoms with Crippen molar-refractivity contribution in [2.75, 3.05) is 20.2 Å². The summed E-state index contributed by atoms with van der Waals surface area (Å²) in [6, 6.07) is 4.82. The molecule has 90 valence electrons. The number of imidazole rings is 1. The van der Waals surface area contributed by atoms with Crippen LogP contribution in [0, 0.1) is 10.1 Å². The van der Waals surface area contributed by atoms with Crippen LogP contribution in [0.5, 0.6) is 6.01 Å². The summed E-state index contributed by atoms with van der Waals surface area (Å²) in [6.45, 7) is 1.19. The van der Waals surface area contributed by atoms with Crippen molar-refractivity contribution in [3.8, 4) is 6.01 Å². The summed E-state index contributed by atoms with van der Waals surface area (Å²) >= 11 is 0. The van der Waals surface area contributed by atoms with Crippen molar-refractivity contribution < 1.29 is 9.66 Å². The number of nitrogens with one attached hydrogen (secondary N) is 2. The summed E-state index contributed by atoms with van der Waals surface area (Å²) in [6.07, 6.45) is 0. The molecular formula is C10H12N4O3. The summed E-state index contributed by atoms with van der Waals surface area (Å²) in [4.78, 5) is 17.2. The molecule has 0 spiro atoms. The normalized spacial score (nSPS) is 10.6. The number of non-ortho nitro benzene ring substituents is 1. The van der Waals surface area contributed by atoms with E-state index in [1.54, 1.807) is 6.07 Å². The lowest BCUT2D eigenvalue weighted by Crippen LogP contribution is -2.16. The van der Waals surface area contributed by atoms with Crippen molar-refractivity contribution in [3.63, 3.8) is 0 Å². The molecule has 0 radical (unpaired) electrons. The zero-order valence-corrected chi connectivity index (χ0v) is 9.27. The highest BCUT2D eigenvalue weighted by molar-refractivity contribution is 5.78. The van der Waals surface area contributed by atoms with E-state index in [2.05, 4.69) is 15.3 Å². The molecule has 7 heteroatoms. The van der Waals surface area contributed by atoms with E-state index in [0.717, 1.165) is 0 Å². The lowest BCUT2D eigenvalue weighted by atomic mass is 10.3. The SMILES string of the molecule is CNCCOc1nc2ccc([N+](=O)[O-])cc2[nH]1. The number of nitrogens with zero attached hydrogens (tertiary/aromatic N) is 2. The van der Waals surface area contributed by atoms with Gasteiger partial charge in [-0.3, -0.25) is 10.1 Å². The van der Waals surface area contributed by atoms with Gasteiger partial charge >= 0.3 is 0 Å². The van der Waals surface area contributed by atoms with Gasteiger partial charge in [0.05, 0.1) is 16.0 Å². The first kappa shape index (κ1) is 11.3. The minimum Gasteiger partial charge on any atom is -0.463 e. The van der Waals surface area contributed by atoms with Gasteiger partial charge in [-0.15, -0.1) is 0 Å². The van der Waals surface area contributed by atoms with Crippen molar-refractivity contribution in [2.24, 2.45) is 0 Å². The molecule has 0 aliphatic rings. The average molecular weight is 236 g/mol. The van der Waals surface area contributed by atoms with E-state index in [9.17, 15) is 10.1 Å². The predicted octanol–water partition coefficient (Wildman–Crippen LogP) is 1.07. The standard InChI is InChI=1S/C10H12N4O3/c1-11-4-5-17-10-12-8-3-2-7(14(15)16)6-9(8)13-10/h2-3,6,11H,4-5H2,1H3,(H,12,13). The highest BCUT2D eigenvalue weighted by Gasteiger charge is 2.09. The zero-order valence-electron chi connectivity index (χ0n) is 9.27. The number of ether oxygens (including phenoxy) is 1. The van der Waals surface area contributed by atoms with Crippen LogP contribution in [0.1, 0.15) is 0 Å². The Morgan fingerprint density at radius 3 is 3.12 bits per heavy atom. The Balaban J connectivity index is 2.21. The van der Waals surface area contributed by atoms with E-state index in [1.807, 2.05) is 7.05 Å². The third kappa shape index (κ3) is 2.51. The number of aromatic amines is 1. The molecule has 2 N–H and O–H groups in total. The van der Waals surface area contributed by atoms with Gasteiger partial charge in [0.15, 0.2) is 0 Å². The van der Waals surface area contributed by atoms with Gasteiger partial charge in [0.2, 0.25) is 0 Å². The van der Waals surface area contributed by atoms with Gasteiger partial charge in [-0.25, -0.2) is 0 Å². The molecule has 0 amide bonds. The molecular weight excluding hydrogens is 224 g/mol. The molecule has 7 nitrogen and oxygen atoms in total. The number of hydrogen-bond donors (Lipinski definition) is 2. The molecule has 17 heavy (non-hydrogen) atoms. The molecule has 2 aromatic rings. The van der Waals surface area contributed by atoms with Crippen LogP contribution >= 0.6 is 0 Å². The second-order valence-electron chi connectivity index (χ2n) is 3.45. The third-order valence-corrected chi connectivity index (χ3v) is 2.25. The Kier molecular flexibility index (Phi) is 3.20. The van der Waals surface area contributed by atoms with Crippen LogP contribution in [0.4, 0.5) is 5.69 Å². The lowest BCUT2D eigenvalue weighted by molar-refractivity contribution is -0.384. The summed E-state index contributed by atoms with van der Waals surface area (Å²) in [5.74, 6) is 0. The number of rotatable bonds is 5. The summed E-state index contributed by atoms with van der Waals surface area (Å²) in [7, 11) is 1.82. The van der Waals surface area contributed by atoms with Crippen molar-refractivity contribution in [1.82, 2.24) is 15.3 Å². The molecule has 2 rings (SSSR count). The number of H-pyrrole nitrogens is 1. The first-order valence-corrected chi connectivity index (χ1v) is 5.12. The first-order chi connectivity index (χ1) is 8.20. The Labute approximate surface area is 97.0 Å². The van der Waals surface area contributed by atoms with Crippen LogP contribution in [-0.2, 0) is 0 Å². The molecule has 0 saturated heterocycles. The molecule has 0 aliphatic heterocycles.